The Kier molecular flexibility index (Phi) is 5.65. The van der Waals surface area contributed by atoms with E-state index in [0.29, 0.717) is 27.8 Å². The van der Waals surface area contributed by atoms with Crippen LogP contribution in [0.2, 0.25) is 0 Å². The van der Waals surface area contributed by atoms with Gasteiger partial charge >= 0.3 is 0 Å². The van der Waals surface area contributed by atoms with Crippen LogP contribution in [0.1, 0.15) is 30.9 Å². The second-order valence-corrected chi connectivity index (χ2v) is 9.85. The molecule has 36 heavy (non-hydrogen) atoms. The second-order valence-electron chi connectivity index (χ2n) is 9.00. The Morgan fingerprint density at radius 3 is 2.78 bits per heavy atom. The number of nitrogens with zero attached hydrogens (tertiary/aromatic N) is 6. The molecule has 0 spiro atoms. The van der Waals surface area contributed by atoms with Gasteiger partial charge in [-0.3, -0.25) is 14.2 Å². The van der Waals surface area contributed by atoms with Crippen LogP contribution in [-0.4, -0.2) is 35.7 Å². The maximum absolute atomic E-state index is 13.3. The van der Waals surface area contributed by atoms with E-state index in [9.17, 15) is 9.59 Å². The Morgan fingerprint density at radius 2 is 1.97 bits per heavy atom. The highest BCUT2D eigenvalue weighted by Gasteiger charge is 2.28. The number of aromatic nitrogens is 6. The van der Waals surface area contributed by atoms with Gasteiger partial charge in [-0.25, -0.2) is 9.67 Å². The molecule has 3 heterocycles. The fourth-order valence-electron chi connectivity index (χ4n) is 4.20. The minimum atomic E-state index is -0.190. The minimum Gasteiger partial charge on any atom is -0.326 e. The first-order chi connectivity index (χ1) is 17.6. The molecule has 2 aromatic carbocycles. The Bertz CT molecular complexity index is 1630. The SMILES string of the molecule is Cc1ccc(-c2csc3ncn(CCC(=O)Nc4cccc(-c5nnnn5C5CC5)c4)c(=O)c23)cc1. The zero-order chi connectivity index (χ0) is 24.6. The van der Waals surface area contributed by atoms with Crippen molar-refractivity contribution in [2.45, 2.75) is 38.8 Å². The molecule has 10 heteroatoms. The highest BCUT2D eigenvalue weighted by atomic mass is 32.1. The number of amides is 1. The summed E-state index contributed by atoms with van der Waals surface area (Å²) in [7, 11) is 0. The molecule has 1 amide bonds. The molecule has 0 aliphatic heterocycles. The topological polar surface area (TPSA) is 108 Å². The number of fused-ring (bicyclic) bond motifs is 1. The molecule has 1 aliphatic rings. The predicted octanol–water partition coefficient (Wildman–Crippen LogP) is 4.45. The number of anilines is 1. The summed E-state index contributed by atoms with van der Waals surface area (Å²) in [5.74, 6) is 0.504. The monoisotopic (exact) mass is 497 g/mol. The first-order valence-corrected chi connectivity index (χ1v) is 12.7. The smallest absolute Gasteiger partial charge is 0.262 e. The van der Waals surface area contributed by atoms with Crippen LogP contribution in [0.25, 0.3) is 32.7 Å². The first-order valence-electron chi connectivity index (χ1n) is 11.8. The Labute approximate surface area is 210 Å². The van der Waals surface area contributed by atoms with Crippen LogP contribution in [0.15, 0.2) is 65.0 Å². The van der Waals surface area contributed by atoms with Crippen molar-refractivity contribution in [3.8, 4) is 22.5 Å². The predicted molar refractivity (Wildman–Crippen MR) is 139 cm³/mol. The van der Waals surface area contributed by atoms with E-state index in [2.05, 4.69) is 25.8 Å². The lowest BCUT2D eigenvalue weighted by molar-refractivity contribution is -0.116. The second kappa shape index (κ2) is 9.12. The van der Waals surface area contributed by atoms with Gasteiger partial charge in [0.15, 0.2) is 5.82 Å². The highest BCUT2D eigenvalue weighted by molar-refractivity contribution is 7.17. The molecule has 0 bridgehead atoms. The number of carbonyl (C=O) groups is 1. The van der Waals surface area contributed by atoms with Crippen molar-refractivity contribution in [2.75, 3.05) is 5.32 Å². The largest absolute Gasteiger partial charge is 0.326 e. The lowest BCUT2D eigenvalue weighted by Gasteiger charge is -2.09. The molecule has 0 radical (unpaired) electrons. The third kappa shape index (κ3) is 4.31. The quantitative estimate of drug-likeness (QED) is 0.356. The minimum absolute atomic E-state index is 0.140. The number of tetrazole rings is 1. The third-order valence-electron chi connectivity index (χ3n) is 6.29. The molecular formula is C26H23N7O2S. The Morgan fingerprint density at radius 1 is 1.14 bits per heavy atom. The van der Waals surface area contributed by atoms with Gasteiger partial charge in [0, 0.05) is 35.2 Å². The first kappa shape index (κ1) is 22.3. The maximum atomic E-state index is 13.3. The van der Waals surface area contributed by atoms with Crippen LogP contribution in [0, 0.1) is 6.92 Å². The molecule has 3 aromatic heterocycles. The van der Waals surface area contributed by atoms with Crippen molar-refractivity contribution in [1.82, 2.24) is 29.8 Å². The number of benzene rings is 2. The third-order valence-corrected chi connectivity index (χ3v) is 7.18. The van der Waals surface area contributed by atoms with Crippen LogP contribution >= 0.6 is 11.3 Å². The molecule has 180 valence electrons. The molecule has 1 aliphatic carbocycles. The summed E-state index contributed by atoms with van der Waals surface area (Å²) in [4.78, 5) is 31.1. The molecule has 1 saturated carbocycles. The summed E-state index contributed by atoms with van der Waals surface area (Å²) < 4.78 is 3.35. The summed E-state index contributed by atoms with van der Waals surface area (Å²) in [6.07, 6.45) is 3.81. The molecule has 6 rings (SSSR count). The van der Waals surface area contributed by atoms with E-state index < -0.39 is 0 Å². The van der Waals surface area contributed by atoms with Crippen LogP contribution in [0.4, 0.5) is 5.69 Å². The zero-order valence-corrected chi connectivity index (χ0v) is 20.4. The van der Waals surface area contributed by atoms with E-state index in [4.69, 9.17) is 0 Å². The van der Waals surface area contributed by atoms with Crippen molar-refractivity contribution < 1.29 is 4.79 Å². The van der Waals surface area contributed by atoms with E-state index in [1.54, 1.807) is 0 Å². The van der Waals surface area contributed by atoms with Crippen molar-refractivity contribution in [3.63, 3.8) is 0 Å². The van der Waals surface area contributed by atoms with Gasteiger partial charge in [0.2, 0.25) is 5.91 Å². The number of aryl methyl sites for hydroxylation is 2. The average Bonchev–Trinajstić information content (AvgIpc) is 3.44. The summed E-state index contributed by atoms with van der Waals surface area (Å²) in [5, 5.41) is 17.5. The van der Waals surface area contributed by atoms with Crippen molar-refractivity contribution in [2.24, 2.45) is 0 Å². The maximum Gasteiger partial charge on any atom is 0.262 e. The van der Waals surface area contributed by atoms with Gasteiger partial charge in [-0.1, -0.05) is 42.0 Å². The van der Waals surface area contributed by atoms with E-state index in [-0.39, 0.29) is 24.4 Å². The van der Waals surface area contributed by atoms with Gasteiger partial charge in [0.05, 0.1) is 17.8 Å². The molecule has 5 aromatic rings. The molecule has 0 saturated heterocycles. The number of hydrogen-bond donors (Lipinski definition) is 1. The standard InChI is InChI=1S/C26H23N7O2S/c1-16-5-7-17(8-6-16)21-14-36-25-23(21)26(35)32(15-27-25)12-11-22(34)28-19-4-2-3-18(13-19)24-29-30-31-33(24)20-9-10-20/h2-8,13-15,20H,9-12H2,1H3,(H,28,34). The van der Waals surface area contributed by atoms with Crippen LogP contribution in [-0.2, 0) is 11.3 Å². The van der Waals surface area contributed by atoms with Gasteiger partial charge in [0.1, 0.15) is 4.83 Å². The van der Waals surface area contributed by atoms with Gasteiger partial charge in [-0.2, -0.15) is 0 Å². The van der Waals surface area contributed by atoms with Crippen LogP contribution < -0.4 is 10.9 Å². The van der Waals surface area contributed by atoms with E-state index in [0.717, 1.165) is 35.1 Å². The molecule has 9 nitrogen and oxygen atoms in total. The molecule has 0 atom stereocenters. The van der Waals surface area contributed by atoms with Crippen molar-refractivity contribution >= 4 is 33.1 Å². The van der Waals surface area contributed by atoms with Gasteiger partial charge in [0.25, 0.3) is 5.56 Å². The lowest BCUT2D eigenvalue weighted by Crippen LogP contribution is -2.23. The lowest BCUT2D eigenvalue weighted by atomic mass is 10.1. The van der Waals surface area contributed by atoms with E-state index in [1.165, 1.54) is 22.2 Å². The molecule has 0 unspecified atom stereocenters. The number of carbonyl (C=O) groups excluding carboxylic acids is 1. The zero-order valence-electron chi connectivity index (χ0n) is 19.6. The number of rotatable bonds is 7. The number of nitrogens with one attached hydrogen (secondary N) is 1. The van der Waals surface area contributed by atoms with Crippen molar-refractivity contribution in [1.29, 1.82) is 0 Å². The summed E-state index contributed by atoms with van der Waals surface area (Å²) in [5.41, 5.74) is 4.37. The van der Waals surface area contributed by atoms with Gasteiger partial charge < -0.3 is 5.32 Å². The molecule has 1 fully saturated rings. The summed E-state index contributed by atoms with van der Waals surface area (Å²) >= 11 is 1.45. The fourth-order valence-corrected chi connectivity index (χ4v) is 5.11. The Hall–Kier alpha value is -4.18. The highest BCUT2D eigenvalue weighted by Crippen LogP contribution is 2.37. The van der Waals surface area contributed by atoms with E-state index >= 15 is 0 Å². The van der Waals surface area contributed by atoms with E-state index in [1.807, 2.05) is 65.5 Å². The fraction of sp³-hybridized carbons (Fsp3) is 0.231. The van der Waals surface area contributed by atoms with Gasteiger partial charge in [-0.15, -0.1) is 16.4 Å². The summed E-state index contributed by atoms with van der Waals surface area (Å²) in [6, 6.07) is 15.9. The number of hydrogen-bond acceptors (Lipinski definition) is 7. The average molecular weight is 498 g/mol. The molecule has 1 N–H and O–H groups in total. The normalized spacial score (nSPS) is 13.2. The van der Waals surface area contributed by atoms with Gasteiger partial charge in [-0.05, 0) is 47.9 Å². The van der Waals surface area contributed by atoms with Crippen LogP contribution in [0.3, 0.4) is 0 Å². The molecular weight excluding hydrogens is 474 g/mol. The number of thiophene rings is 1. The van der Waals surface area contributed by atoms with Crippen LogP contribution in [0.5, 0.6) is 0 Å². The Balaban J connectivity index is 1.18. The van der Waals surface area contributed by atoms with Crippen molar-refractivity contribution in [3.05, 3.63) is 76.2 Å². The summed E-state index contributed by atoms with van der Waals surface area (Å²) in [6.45, 7) is 2.26.